The van der Waals surface area contributed by atoms with Crippen LogP contribution in [0.1, 0.15) is 16.1 Å². The fourth-order valence-corrected chi connectivity index (χ4v) is 5.30. The molecule has 0 saturated heterocycles. The number of thioether (sulfide) groups is 1. The van der Waals surface area contributed by atoms with Gasteiger partial charge in [-0.15, -0.1) is 22.0 Å². The van der Waals surface area contributed by atoms with Gasteiger partial charge in [-0.1, -0.05) is 12.1 Å². The summed E-state index contributed by atoms with van der Waals surface area (Å²) >= 11 is 1.44. The predicted molar refractivity (Wildman–Crippen MR) is 143 cm³/mol. The molecule has 1 N–H and O–H groups in total. The van der Waals surface area contributed by atoms with Crippen LogP contribution >= 0.6 is 11.8 Å². The van der Waals surface area contributed by atoms with Gasteiger partial charge in [0, 0.05) is 22.8 Å². The standard InChI is InChI=1S/C27H24N4O6S/c1-34-19-9-8-15(10-20(19)35-2)25-16-11-21(36-3)22(37-4)12-17(16)29-18(26(25)27(32)33)13-38-24-7-5-6-23-30-28-14-31(23)24/h5-12,14H,13H2,1-4H3,(H,32,33). The molecule has 0 aliphatic heterocycles. The monoisotopic (exact) mass is 532 g/mol. The van der Waals surface area contributed by atoms with Crippen molar-refractivity contribution in [2.45, 2.75) is 10.8 Å². The Kier molecular flexibility index (Phi) is 6.93. The molecule has 0 atom stereocenters. The summed E-state index contributed by atoms with van der Waals surface area (Å²) in [6.45, 7) is 0. The van der Waals surface area contributed by atoms with Crippen molar-refractivity contribution in [3.8, 4) is 34.1 Å². The first-order chi connectivity index (χ1) is 18.5. The third-order valence-electron chi connectivity index (χ3n) is 6.10. The maximum atomic E-state index is 12.8. The average Bonchev–Trinajstić information content (AvgIpc) is 3.43. The Bertz CT molecular complexity index is 1670. The summed E-state index contributed by atoms with van der Waals surface area (Å²) in [6, 6.07) is 14.4. The van der Waals surface area contributed by atoms with E-state index in [-0.39, 0.29) is 11.3 Å². The topological polar surface area (TPSA) is 117 Å². The minimum absolute atomic E-state index is 0.0837. The van der Waals surface area contributed by atoms with Gasteiger partial charge >= 0.3 is 5.97 Å². The number of aromatic nitrogens is 4. The summed E-state index contributed by atoms with van der Waals surface area (Å²) in [5, 5.41) is 20.0. The number of hydrogen-bond acceptors (Lipinski definition) is 9. The molecule has 10 nitrogen and oxygen atoms in total. The molecule has 0 amide bonds. The van der Waals surface area contributed by atoms with Gasteiger partial charge in [-0.2, -0.15) is 0 Å². The molecular weight excluding hydrogens is 508 g/mol. The van der Waals surface area contributed by atoms with Crippen LogP contribution in [0.5, 0.6) is 23.0 Å². The lowest BCUT2D eigenvalue weighted by Gasteiger charge is -2.18. The number of carbonyl (C=O) groups is 1. The zero-order chi connectivity index (χ0) is 26.8. The number of carboxylic acid groups (broad SMARTS) is 1. The molecule has 0 aliphatic carbocycles. The van der Waals surface area contributed by atoms with Crippen LogP contribution in [0.2, 0.25) is 0 Å². The van der Waals surface area contributed by atoms with Gasteiger partial charge < -0.3 is 24.1 Å². The minimum Gasteiger partial charge on any atom is -0.493 e. The zero-order valence-electron chi connectivity index (χ0n) is 21.1. The SMILES string of the molecule is COc1ccc(-c2c(C(=O)O)c(CSc3cccc4nncn34)nc3cc(OC)c(OC)cc23)cc1OC. The lowest BCUT2D eigenvalue weighted by atomic mass is 9.93. The third-order valence-corrected chi connectivity index (χ3v) is 7.15. The number of hydrogen-bond donors (Lipinski definition) is 1. The van der Waals surface area contributed by atoms with Crippen LogP contribution in [0.3, 0.4) is 0 Å². The number of carboxylic acids is 1. The van der Waals surface area contributed by atoms with Crippen molar-refractivity contribution in [1.82, 2.24) is 19.6 Å². The van der Waals surface area contributed by atoms with E-state index in [1.54, 1.807) is 50.9 Å². The van der Waals surface area contributed by atoms with Gasteiger partial charge in [0.05, 0.1) is 50.2 Å². The van der Waals surface area contributed by atoms with E-state index in [0.29, 0.717) is 56.4 Å². The third kappa shape index (κ3) is 4.41. The molecule has 11 heteroatoms. The largest absolute Gasteiger partial charge is 0.493 e. The quantitative estimate of drug-likeness (QED) is 0.261. The molecule has 0 unspecified atom stereocenters. The maximum Gasteiger partial charge on any atom is 0.338 e. The molecule has 0 fully saturated rings. The second-order valence-electron chi connectivity index (χ2n) is 8.12. The van der Waals surface area contributed by atoms with E-state index >= 15 is 0 Å². The zero-order valence-corrected chi connectivity index (χ0v) is 21.9. The van der Waals surface area contributed by atoms with Crippen LogP contribution in [0, 0.1) is 0 Å². The summed E-state index contributed by atoms with van der Waals surface area (Å²) in [7, 11) is 6.15. The van der Waals surface area contributed by atoms with Crippen LogP contribution in [0.4, 0.5) is 0 Å². The molecular formula is C27H24N4O6S. The number of methoxy groups -OCH3 is 4. The maximum absolute atomic E-state index is 12.8. The highest BCUT2D eigenvalue weighted by atomic mass is 32.2. The van der Waals surface area contributed by atoms with Gasteiger partial charge in [-0.3, -0.25) is 9.38 Å². The van der Waals surface area contributed by atoms with Crippen molar-refractivity contribution in [3.05, 3.63) is 66.1 Å². The molecule has 3 heterocycles. The molecule has 0 radical (unpaired) electrons. The fraction of sp³-hybridized carbons (Fsp3) is 0.185. The summed E-state index contributed by atoms with van der Waals surface area (Å²) in [6.07, 6.45) is 1.62. The van der Waals surface area contributed by atoms with Gasteiger partial charge in [0.25, 0.3) is 0 Å². The van der Waals surface area contributed by atoms with Gasteiger partial charge in [0.15, 0.2) is 28.6 Å². The Labute approximate surface area is 222 Å². The van der Waals surface area contributed by atoms with Crippen molar-refractivity contribution in [3.63, 3.8) is 0 Å². The highest BCUT2D eigenvalue weighted by molar-refractivity contribution is 7.98. The molecule has 0 spiro atoms. The van der Waals surface area contributed by atoms with Crippen molar-refractivity contribution < 1.29 is 28.8 Å². The average molecular weight is 533 g/mol. The first-order valence-electron chi connectivity index (χ1n) is 11.4. The summed E-state index contributed by atoms with van der Waals surface area (Å²) in [4.78, 5) is 17.6. The lowest BCUT2D eigenvalue weighted by Crippen LogP contribution is -2.09. The lowest BCUT2D eigenvalue weighted by molar-refractivity contribution is 0.0696. The predicted octanol–water partition coefficient (Wildman–Crippen LogP) is 4.97. The van der Waals surface area contributed by atoms with E-state index in [2.05, 4.69) is 10.2 Å². The second kappa shape index (κ2) is 10.5. The van der Waals surface area contributed by atoms with Crippen molar-refractivity contribution in [2.75, 3.05) is 28.4 Å². The van der Waals surface area contributed by atoms with Crippen molar-refractivity contribution >= 4 is 34.3 Å². The van der Waals surface area contributed by atoms with E-state index in [1.165, 1.54) is 26.0 Å². The van der Waals surface area contributed by atoms with Gasteiger partial charge in [-0.25, -0.2) is 4.79 Å². The molecule has 5 aromatic rings. The first kappa shape index (κ1) is 25.2. The first-order valence-corrected chi connectivity index (χ1v) is 12.4. The Hall–Kier alpha value is -4.51. The highest BCUT2D eigenvalue weighted by Gasteiger charge is 2.25. The number of rotatable bonds is 9. The van der Waals surface area contributed by atoms with Gasteiger partial charge in [0.1, 0.15) is 6.33 Å². The number of ether oxygens (including phenoxy) is 4. The number of pyridine rings is 2. The summed E-state index contributed by atoms with van der Waals surface area (Å²) < 4.78 is 23.8. The molecule has 5 rings (SSSR count). The summed E-state index contributed by atoms with van der Waals surface area (Å²) in [5.74, 6) is 1.13. The van der Waals surface area contributed by atoms with Gasteiger partial charge in [-0.05, 0) is 35.9 Å². The second-order valence-corrected chi connectivity index (χ2v) is 9.12. The number of nitrogens with zero attached hydrogens (tertiary/aromatic N) is 4. The highest BCUT2D eigenvalue weighted by Crippen LogP contribution is 2.42. The molecule has 2 aromatic carbocycles. The van der Waals surface area contributed by atoms with Crippen LogP contribution in [0.25, 0.3) is 27.7 Å². The summed E-state index contributed by atoms with van der Waals surface area (Å²) in [5.41, 5.74) is 2.87. The van der Waals surface area contributed by atoms with Crippen LogP contribution in [0.15, 0.2) is 59.9 Å². The Morgan fingerprint density at radius 1 is 0.921 bits per heavy atom. The van der Waals surface area contributed by atoms with Crippen LogP contribution < -0.4 is 18.9 Å². The van der Waals surface area contributed by atoms with E-state index in [1.807, 2.05) is 22.6 Å². The van der Waals surface area contributed by atoms with E-state index in [9.17, 15) is 9.90 Å². The van der Waals surface area contributed by atoms with Crippen LogP contribution in [-0.4, -0.2) is 59.1 Å². The fourth-order valence-electron chi connectivity index (χ4n) is 4.35. The van der Waals surface area contributed by atoms with Crippen molar-refractivity contribution in [1.29, 1.82) is 0 Å². The van der Waals surface area contributed by atoms with E-state index in [0.717, 1.165) is 5.03 Å². The van der Waals surface area contributed by atoms with Gasteiger partial charge in [0.2, 0.25) is 0 Å². The number of aromatic carboxylic acids is 1. The van der Waals surface area contributed by atoms with E-state index < -0.39 is 5.97 Å². The molecule has 0 saturated carbocycles. The van der Waals surface area contributed by atoms with E-state index in [4.69, 9.17) is 23.9 Å². The number of fused-ring (bicyclic) bond motifs is 2. The Balaban J connectivity index is 1.75. The van der Waals surface area contributed by atoms with Crippen molar-refractivity contribution in [2.24, 2.45) is 0 Å². The normalized spacial score (nSPS) is 11.1. The Morgan fingerprint density at radius 3 is 2.34 bits per heavy atom. The number of benzene rings is 2. The molecule has 0 aliphatic rings. The molecule has 194 valence electrons. The minimum atomic E-state index is -1.10. The van der Waals surface area contributed by atoms with Crippen LogP contribution in [-0.2, 0) is 5.75 Å². The molecule has 3 aromatic heterocycles. The molecule has 38 heavy (non-hydrogen) atoms. The smallest absolute Gasteiger partial charge is 0.338 e. The molecule has 0 bridgehead atoms. The Morgan fingerprint density at radius 2 is 1.63 bits per heavy atom.